The summed E-state index contributed by atoms with van der Waals surface area (Å²) >= 11 is 6.43. The summed E-state index contributed by atoms with van der Waals surface area (Å²) in [7, 11) is 4.39. The van der Waals surface area contributed by atoms with Gasteiger partial charge < -0.3 is 18.9 Å². The average molecular weight is 395 g/mol. The van der Waals surface area contributed by atoms with Crippen LogP contribution in [0.25, 0.3) is 0 Å². The third-order valence-electron chi connectivity index (χ3n) is 5.26. The van der Waals surface area contributed by atoms with Gasteiger partial charge in [0.1, 0.15) is 22.1 Å². The van der Waals surface area contributed by atoms with Crippen LogP contribution >= 0.6 is 11.6 Å². The Morgan fingerprint density at radius 1 is 1.19 bits per heavy atom. The first kappa shape index (κ1) is 19.5. The van der Waals surface area contributed by atoms with Crippen LogP contribution in [0.5, 0.6) is 17.2 Å². The van der Waals surface area contributed by atoms with Crippen molar-refractivity contribution in [1.82, 2.24) is 0 Å². The Hall–Kier alpha value is -2.21. The molecule has 0 N–H and O–H groups in total. The van der Waals surface area contributed by atoms with Crippen LogP contribution in [0, 0.1) is 5.92 Å². The van der Waals surface area contributed by atoms with Crippen LogP contribution in [-0.4, -0.2) is 38.5 Å². The summed E-state index contributed by atoms with van der Waals surface area (Å²) in [6.07, 6.45) is 1.45. The molecule has 1 heterocycles. The number of carbonyl (C=O) groups excluding carboxylic acids is 2. The van der Waals surface area contributed by atoms with E-state index in [2.05, 4.69) is 0 Å². The third kappa shape index (κ3) is 2.61. The molecule has 0 radical (unpaired) electrons. The Balaban J connectivity index is 2.29. The highest BCUT2D eigenvalue weighted by Crippen LogP contribution is 2.55. The fourth-order valence-electron chi connectivity index (χ4n) is 3.97. The Bertz CT molecular complexity index is 843. The molecule has 146 valence electrons. The molecule has 2 unspecified atom stereocenters. The molecule has 1 aromatic rings. The van der Waals surface area contributed by atoms with Gasteiger partial charge in [0.2, 0.25) is 11.4 Å². The number of ketones is 2. The summed E-state index contributed by atoms with van der Waals surface area (Å²) in [5, 5.41) is 0.190. The predicted molar refractivity (Wildman–Crippen MR) is 100.0 cm³/mol. The molecule has 1 aliphatic carbocycles. The van der Waals surface area contributed by atoms with Crippen LogP contribution in [0.15, 0.2) is 17.4 Å². The lowest BCUT2D eigenvalue weighted by Gasteiger charge is -2.38. The van der Waals surface area contributed by atoms with Crippen LogP contribution in [0.4, 0.5) is 0 Å². The Morgan fingerprint density at radius 2 is 1.85 bits per heavy atom. The zero-order valence-electron chi connectivity index (χ0n) is 16.1. The van der Waals surface area contributed by atoms with E-state index in [1.54, 1.807) is 13.0 Å². The van der Waals surface area contributed by atoms with Crippen LogP contribution in [0.1, 0.15) is 43.5 Å². The predicted octanol–water partition coefficient (Wildman–Crippen LogP) is 3.98. The van der Waals surface area contributed by atoms with Gasteiger partial charge in [-0.3, -0.25) is 9.59 Å². The number of ether oxygens (including phenoxy) is 4. The fraction of sp³-hybridized carbons (Fsp3) is 0.500. The molecule has 2 atom stereocenters. The van der Waals surface area contributed by atoms with E-state index in [9.17, 15) is 9.59 Å². The van der Waals surface area contributed by atoms with Gasteiger partial charge in [-0.2, -0.15) is 0 Å². The zero-order chi connectivity index (χ0) is 19.9. The van der Waals surface area contributed by atoms with Crippen LogP contribution in [0.3, 0.4) is 0 Å². The van der Waals surface area contributed by atoms with Gasteiger partial charge in [0.15, 0.2) is 17.3 Å². The van der Waals surface area contributed by atoms with Gasteiger partial charge in [0.25, 0.3) is 0 Å². The van der Waals surface area contributed by atoms with Gasteiger partial charge in [-0.1, -0.05) is 31.9 Å². The van der Waals surface area contributed by atoms with E-state index in [1.165, 1.54) is 21.3 Å². The molecule has 0 saturated carbocycles. The van der Waals surface area contributed by atoms with Gasteiger partial charge in [0.05, 0.1) is 21.3 Å². The highest BCUT2D eigenvalue weighted by Gasteiger charge is 2.61. The fourth-order valence-corrected chi connectivity index (χ4v) is 4.24. The Morgan fingerprint density at radius 3 is 2.41 bits per heavy atom. The van der Waals surface area contributed by atoms with Crippen molar-refractivity contribution in [2.75, 3.05) is 21.3 Å². The van der Waals surface area contributed by atoms with Crippen LogP contribution < -0.4 is 14.2 Å². The first-order valence-electron chi connectivity index (χ1n) is 8.86. The molecule has 1 aromatic carbocycles. The molecule has 3 rings (SSSR count). The monoisotopic (exact) mass is 394 g/mol. The van der Waals surface area contributed by atoms with Gasteiger partial charge in [-0.25, -0.2) is 0 Å². The number of benzene rings is 1. The van der Waals surface area contributed by atoms with E-state index >= 15 is 0 Å². The molecule has 0 amide bonds. The number of Topliss-reactive ketones (excluding diaryl/α,β-unsaturated/α-hetero) is 2. The summed E-state index contributed by atoms with van der Waals surface area (Å²) < 4.78 is 22.5. The van der Waals surface area contributed by atoms with Crippen molar-refractivity contribution in [2.45, 2.75) is 38.7 Å². The maximum atomic E-state index is 13.6. The smallest absolute Gasteiger partial charge is 0.231 e. The number of allylic oxidation sites excluding steroid dienone is 1. The number of hydrogen-bond donors (Lipinski definition) is 0. The number of halogens is 1. The van der Waals surface area contributed by atoms with Gasteiger partial charge in [0, 0.05) is 24.0 Å². The second-order valence-corrected chi connectivity index (χ2v) is 7.13. The molecule has 0 saturated heterocycles. The first-order valence-corrected chi connectivity index (χ1v) is 9.24. The Labute approximate surface area is 163 Å². The van der Waals surface area contributed by atoms with Gasteiger partial charge in [-0.05, 0) is 6.42 Å². The van der Waals surface area contributed by atoms with Crippen molar-refractivity contribution >= 4 is 23.2 Å². The molecule has 2 aliphatic rings. The summed E-state index contributed by atoms with van der Waals surface area (Å²) in [5.74, 6) is 0.361. The van der Waals surface area contributed by atoms with Crippen LogP contribution in [0.2, 0.25) is 5.02 Å². The summed E-state index contributed by atoms with van der Waals surface area (Å²) in [5.41, 5.74) is -0.685. The molecular weight excluding hydrogens is 372 g/mol. The summed E-state index contributed by atoms with van der Waals surface area (Å²) in [6, 6.07) is 1.56. The lowest BCUT2D eigenvalue weighted by atomic mass is 9.72. The topological polar surface area (TPSA) is 71.1 Å². The van der Waals surface area contributed by atoms with Crippen molar-refractivity contribution in [3.63, 3.8) is 0 Å². The van der Waals surface area contributed by atoms with Gasteiger partial charge >= 0.3 is 0 Å². The van der Waals surface area contributed by atoms with Crippen molar-refractivity contribution in [3.8, 4) is 17.2 Å². The maximum absolute atomic E-state index is 13.6. The normalized spacial score (nSPS) is 24.1. The van der Waals surface area contributed by atoms with Gasteiger partial charge in [-0.15, -0.1) is 0 Å². The number of carbonyl (C=O) groups is 2. The number of rotatable bonds is 5. The second-order valence-electron chi connectivity index (χ2n) is 6.76. The Kier molecular flexibility index (Phi) is 5.12. The zero-order valence-corrected chi connectivity index (χ0v) is 16.9. The molecule has 0 aromatic heterocycles. The van der Waals surface area contributed by atoms with E-state index in [0.29, 0.717) is 23.5 Å². The van der Waals surface area contributed by atoms with E-state index in [1.807, 2.05) is 6.92 Å². The quantitative estimate of drug-likeness (QED) is 0.752. The summed E-state index contributed by atoms with van der Waals surface area (Å²) in [6.45, 7) is 3.77. The lowest BCUT2D eigenvalue weighted by Crippen LogP contribution is -2.52. The lowest BCUT2D eigenvalue weighted by molar-refractivity contribution is -0.120. The highest BCUT2D eigenvalue weighted by atomic mass is 35.5. The first-order chi connectivity index (χ1) is 12.9. The van der Waals surface area contributed by atoms with E-state index in [0.717, 1.165) is 6.42 Å². The molecule has 1 aliphatic heterocycles. The maximum Gasteiger partial charge on any atom is 0.231 e. The standard InChI is InChI=1S/C20H23ClO6/c1-6-7-11-12(22)8-10(2)20(19(11)26-5)18(23)15-13(24-3)9-14(25-4)16(21)17(15)27-20/h9-10H,6-8H2,1-5H3. The molecule has 1 spiro atoms. The van der Waals surface area contributed by atoms with Crippen molar-refractivity contribution in [3.05, 3.63) is 28.0 Å². The van der Waals surface area contributed by atoms with E-state index < -0.39 is 11.5 Å². The van der Waals surface area contributed by atoms with Crippen molar-refractivity contribution in [1.29, 1.82) is 0 Å². The highest BCUT2D eigenvalue weighted by molar-refractivity contribution is 6.35. The summed E-state index contributed by atoms with van der Waals surface area (Å²) in [4.78, 5) is 26.2. The second kappa shape index (κ2) is 7.08. The number of hydrogen-bond acceptors (Lipinski definition) is 6. The van der Waals surface area contributed by atoms with E-state index in [4.69, 9.17) is 30.5 Å². The van der Waals surface area contributed by atoms with Crippen molar-refractivity contribution < 1.29 is 28.5 Å². The molecule has 7 heteroatoms. The minimum absolute atomic E-state index is 0.0187. The number of fused-ring (bicyclic) bond motifs is 1. The molecule has 0 fully saturated rings. The molecular formula is C20H23ClO6. The number of methoxy groups -OCH3 is 3. The minimum atomic E-state index is -1.43. The largest absolute Gasteiger partial charge is 0.496 e. The van der Waals surface area contributed by atoms with Crippen LogP contribution in [-0.2, 0) is 9.53 Å². The minimum Gasteiger partial charge on any atom is -0.496 e. The van der Waals surface area contributed by atoms with E-state index in [-0.39, 0.29) is 40.1 Å². The SMILES string of the molecule is CCCC1=C(OC)C2(Oc3c(Cl)c(OC)cc(OC)c3C2=O)C(C)CC1=O. The van der Waals surface area contributed by atoms with Crippen molar-refractivity contribution in [2.24, 2.45) is 5.92 Å². The molecule has 27 heavy (non-hydrogen) atoms. The third-order valence-corrected chi connectivity index (χ3v) is 5.61. The average Bonchev–Trinajstić information content (AvgIpc) is 2.96. The molecule has 0 bridgehead atoms. The molecule has 6 nitrogen and oxygen atoms in total.